The van der Waals surface area contributed by atoms with Crippen molar-refractivity contribution < 1.29 is 4.79 Å². The average molecular weight is 276 g/mol. The summed E-state index contributed by atoms with van der Waals surface area (Å²) in [5.41, 5.74) is 7.26. The van der Waals surface area contributed by atoms with Crippen molar-refractivity contribution in [1.82, 2.24) is 9.88 Å². The van der Waals surface area contributed by atoms with Gasteiger partial charge in [0.25, 0.3) is 5.91 Å². The Kier molecular flexibility index (Phi) is 4.95. The molecule has 1 fully saturated rings. The van der Waals surface area contributed by atoms with E-state index in [4.69, 9.17) is 5.73 Å². The second kappa shape index (κ2) is 6.70. The van der Waals surface area contributed by atoms with Crippen molar-refractivity contribution in [2.45, 2.75) is 19.3 Å². The molecule has 0 aromatic carbocycles. The summed E-state index contributed by atoms with van der Waals surface area (Å²) in [5.74, 6) is 0.609. The third-order valence-corrected chi connectivity index (χ3v) is 3.83. The molecule has 1 aliphatic rings. The van der Waals surface area contributed by atoms with Gasteiger partial charge in [0.05, 0.1) is 0 Å². The van der Waals surface area contributed by atoms with E-state index in [1.54, 1.807) is 25.2 Å². The molecule has 1 saturated heterocycles. The highest BCUT2D eigenvalue weighted by Gasteiger charge is 2.20. The summed E-state index contributed by atoms with van der Waals surface area (Å²) in [4.78, 5) is 20.0. The Hall–Kier alpha value is -1.62. The SMILES string of the molecule is CN(C)C(=O)c1cc(N2CCCC(CCN)C2)ccn1. The molecule has 2 N–H and O–H groups in total. The zero-order valence-electron chi connectivity index (χ0n) is 12.4. The lowest BCUT2D eigenvalue weighted by atomic mass is 9.94. The number of hydrogen-bond donors (Lipinski definition) is 1. The van der Waals surface area contributed by atoms with Crippen LogP contribution in [-0.4, -0.2) is 49.5 Å². The predicted octanol–water partition coefficient (Wildman–Crippen LogP) is 1.35. The molecule has 5 heteroatoms. The van der Waals surface area contributed by atoms with E-state index in [0.29, 0.717) is 11.6 Å². The molecular formula is C15H24N4O. The Labute approximate surface area is 120 Å². The molecule has 1 amide bonds. The molecular weight excluding hydrogens is 252 g/mol. The summed E-state index contributed by atoms with van der Waals surface area (Å²) in [5, 5.41) is 0. The van der Waals surface area contributed by atoms with E-state index in [1.807, 2.05) is 12.1 Å². The molecule has 1 aliphatic heterocycles. The first kappa shape index (κ1) is 14.8. The van der Waals surface area contributed by atoms with Gasteiger partial charge in [-0.3, -0.25) is 9.78 Å². The molecule has 1 unspecified atom stereocenters. The standard InChI is InChI=1S/C15H24N4O/c1-18(2)15(20)14-10-13(6-8-17-14)19-9-3-4-12(11-19)5-7-16/h6,8,10,12H,3-5,7,9,11,16H2,1-2H3. The number of carbonyl (C=O) groups excluding carboxylic acids is 1. The van der Waals surface area contributed by atoms with Gasteiger partial charge in [-0.05, 0) is 43.9 Å². The van der Waals surface area contributed by atoms with Gasteiger partial charge in [-0.25, -0.2) is 0 Å². The Bertz CT molecular complexity index is 459. The van der Waals surface area contributed by atoms with Crippen LogP contribution in [0.1, 0.15) is 29.8 Å². The smallest absolute Gasteiger partial charge is 0.272 e. The third kappa shape index (κ3) is 3.48. The van der Waals surface area contributed by atoms with Crippen molar-refractivity contribution in [3.8, 4) is 0 Å². The van der Waals surface area contributed by atoms with E-state index >= 15 is 0 Å². The van der Waals surface area contributed by atoms with Gasteiger partial charge in [-0.2, -0.15) is 0 Å². The Morgan fingerprint density at radius 2 is 2.35 bits per heavy atom. The number of pyridine rings is 1. The van der Waals surface area contributed by atoms with Gasteiger partial charge in [0.2, 0.25) is 0 Å². The predicted molar refractivity (Wildman–Crippen MR) is 80.9 cm³/mol. The van der Waals surface area contributed by atoms with Gasteiger partial charge in [-0.1, -0.05) is 0 Å². The van der Waals surface area contributed by atoms with Crippen molar-refractivity contribution in [1.29, 1.82) is 0 Å². The quantitative estimate of drug-likeness (QED) is 0.901. The van der Waals surface area contributed by atoms with Crippen molar-refractivity contribution in [2.24, 2.45) is 11.7 Å². The minimum Gasteiger partial charge on any atom is -0.371 e. The Morgan fingerprint density at radius 1 is 1.55 bits per heavy atom. The van der Waals surface area contributed by atoms with Gasteiger partial charge in [0.15, 0.2) is 0 Å². The second-order valence-electron chi connectivity index (χ2n) is 5.63. The van der Waals surface area contributed by atoms with E-state index in [9.17, 15) is 4.79 Å². The fraction of sp³-hybridized carbons (Fsp3) is 0.600. The van der Waals surface area contributed by atoms with Crippen LogP contribution in [0, 0.1) is 5.92 Å². The highest BCUT2D eigenvalue weighted by atomic mass is 16.2. The Balaban J connectivity index is 2.12. The van der Waals surface area contributed by atoms with Crippen LogP contribution in [0.3, 0.4) is 0 Å². The lowest BCUT2D eigenvalue weighted by Crippen LogP contribution is -2.36. The summed E-state index contributed by atoms with van der Waals surface area (Å²) in [6.45, 7) is 2.82. The van der Waals surface area contributed by atoms with Crippen LogP contribution >= 0.6 is 0 Å². The highest BCUT2D eigenvalue weighted by Crippen LogP contribution is 2.25. The first-order valence-corrected chi connectivity index (χ1v) is 7.24. The summed E-state index contributed by atoms with van der Waals surface area (Å²) in [7, 11) is 3.49. The van der Waals surface area contributed by atoms with E-state index in [2.05, 4.69) is 9.88 Å². The van der Waals surface area contributed by atoms with Gasteiger partial charge in [0.1, 0.15) is 5.69 Å². The van der Waals surface area contributed by atoms with Crippen LogP contribution in [0.15, 0.2) is 18.3 Å². The third-order valence-electron chi connectivity index (χ3n) is 3.83. The van der Waals surface area contributed by atoms with Gasteiger partial charge >= 0.3 is 0 Å². The molecule has 1 aromatic heterocycles. The normalized spacial score (nSPS) is 18.9. The summed E-state index contributed by atoms with van der Waals surface area (Å²) < 4.78 is 0. The molecule has 20 heavy (non-hydrogen) atoms. The second-order valence-corrected chi connectivity index (χ2v) is 5.63. The molecule has 1 atom stereocenters. The Morgan fingerprint density at radius 3 is 3.05 bits per heavy atom. The number of carbonyl (C=O) groups is 1. The highest BCUT2D eigenvalue weighted by molar-refractivity contribution is 5.92. The van der Waals surface area contributed by atoms with Crippen LogP contribution < -0.4 is 10.6 Å². The monoisotopic (exact) mass is 276 g/mol. The van der Waals surface area contributed by atoms with E-state index in [1.165, 1.54) is 12.8 Å². The number of piperidine rings is 1. The van der Waals surface area contributed by atoms with Crippen LogP contribution in [0.2, 0.25) is 0 Å². The van der Waals surface area contributed by atoms with Crippen molar-refractivity contribution >= 4 is 11.6 Å². The van der Waals surface area contributed by atoms with Crippen molar-refractivity contribution in [2.75, 3.05) is 38.6 Å². The molecule has 0 bridgehead atoms. The first-order valence-electron chi connectivity index (χ1n) is 7.24. The molecule has 5 nitrogen and oxygen atoms in total. The number of aromatic nitrogens is 1. The molecule has 0 spiro atoms. The van der Waals surface area contributed by atoms with Crippen LogP contribution in [0.5, 0.6) is 0 Å². The fourth-order valence-electron chi connectivity index (χ4n) is 2.73. The number of amides is 1. The van der Waals surface area contributed by atoms with Crippen LogP contribution in [0.4, 0.5) is 5.69 Å². The number of nitrogens with zero attached hydrogens (tertiary/aromatic N) is 3. The van der Waals surface area contributed by atoms with Crippen molar-refractivity contribution in [3.05, 3.63) is 24.0 Å². The van der Waals surface area contributed by atoms with E-state index in [-0.39, 0.29) is 5.91 Å². The zero-order valence-corrected chi connectivity index (χ0v) is 12.4. The molecule has 0 aliphatic carbocycles. The largest absolute Gasteiger partial charge is 0.371 e. The lowest BCUT2D eigenvalue weighted by molar-refractivity contribution is 0.0822. The van der Waals surface area contributed by atoms with Crippen LogP contribution in [0.25, 0.3) is 0 Å². The number of hydrogen-bond acceptors (Lipinski definition) is 4. The summed E-state index contributed by atoms with van der Waals surface area (Å²) in [6, 6.07) is 3.88. The number of anilines is 1. The van der Waals surface area contributed by atoms with Gasteiger partial charge < -0.3 is 15.5 Å². The maximum atomic E-state index is 12.0. The minimum absolute atomic E-state index is 0.0534. The molecule has 2 heterocycles. The lowest BCUT2D eigenvalue weighted by Gasteiger charge is -2.34. The molecule has 110 valence electrons. The van der Waals surface area contributed by atoms with E-state index < -0.39 is 0 Å². The maximum absolute atomic E-state index is 12.0. The molecule has 1 aromatic rings. The fourth-order valence-corrected chi connectivity index (χ4v) is 2.73. The van der Waals surface area contributed by atoms with Gasteiger partial charge in [-0.15, -0.1) is 0 Å². The topological polar surface area (TPSA) is 62.5 Å². The van der Waals surface area contributed by atoms with E-state index in [0.717, 1.165) is 31.7 Å². The minimum atomic E-state index is -0.0534. The summed E-state index contributed by atoms with van der Waals surface area (Å²) >= 11 is 0. The molecule has 0 saturated carbocycles. The number of nitrogens with two attached hydrogens (primary N) is 1. The number of rotatable bonds is 4. The van der Waals surface area contributed by atoms with Gasteiger partial charge in [0, 0.05) is 39.1 Å². The molecule has 2 rings (SSSR count). The summed E-state index contributed by atoms with van der Waals surface area (Å²) in [6.07, 6.45) is 5.23. The zero-order chi connectivity index (χ0) is 14.5. The average Bonchev–Trinajstić information content (AvgIpc) is 2.47. The van der Waals surface area contributed by atoms with Crippen molar-refractivity contribution in [3.63, 3.8) is 0 Å². The van der Waals surface area contributed by atoms with Crippen LogP contribution in [-0.2, 0) is 0 Å². The first-order chi connectivity index (χ1) is 9.61. The maximum Gasteiger partial charge on any atom is 0.272 e. The molecule has 0 radical (unpaired) electrons.